The van der Waals surface area contributed by atoms with Gasteiger partial charge >= 0.3 is 21.7 Å². The van der Waals surface area contributed by atoms with Crippen molar-refractivity contribution in [2.24, 2.45) is 0 Å². The Balaban J connectivity index is 0.000000463. The van der Waals surface area contributed by atoms with E-state index in [1.807, 2.05) is 0 Å². The van der Waals surface area contributed by atoms with Crippen LogP contribution in [0.1, 0.15) is 20.3 Å². The van der Waals surface area contributed by atoms with E-state index in [0.29, 0.717) is 0 Å². The molecule has 1 aliphatic rings. The molecule has 0 aliphatic heterocycles. The molecule has 0 saturated carbocycles. The van der Waals surface area contributed by atoms with Crippen molar-refractivity contribution >= 4 is 19.0 Å². The minimum atomic E-state index is 0. The summed E-state index contributed by atoms with van der Waals surface area (Å²) in [5, 5.41) is 2.63. The van der Waals surface area contributed by atoms with Gasteiger partial charge in [-0.1, -0.05) is 21.2 Å². The van der Waals surface area contributed by atoms with Gasteiger partial charge in [0.15, 0.2) is 0 Å². The van der Waals surface area contributed by atoms with Gasteiger partial charge in [0.2, 0.25) is 0 Å². The molecule has 0 atom stereocenters. The molecule has 0 radical (unpaired) electrons. The molecule has 24 heavy (non-hydrogen) atoms. The fourth-order valence-electron chi connectivity index (χ4n) is 2.34. The van der Waals surface area contributed by atoms with E-state index < -0.39 is 0 Å². The van der Waals surface area contributed by atoms with Crippen LogP contribution < -0.4 is 24.8 Å². The van der Waals surface area contributed by atoms with E-state index in [9.17, 15) is 0 Å². The number of aromatic nitrogens is 1. The zero-order valence-corrected chi connectivity index (χ0v) is 17.6. The first kappa shape index (κ1) is 23.3. The number of hydrogen-bond acceptors (Lipinski definition) is 0. The van der Waals surface area contributed by atoms with Crippen molar-refractivity contribution < 1.29 is 46.5 Å². The molecule has 3 aromatic rings. The van der Waals surface area contributed by atoms with Crippen LogP contribution in [0.25, 0.3) is 16.5 Å². The second kappa shape index (κ2) is 11.0. The summed E-state index contributed by atoms with van der Waals surface area (Å²) < 4.78 is 2.17. The summed E-state index contributed by atoms with van der Waals surface area (Å²) in [6.07, 6.45) is 8.52. The van der Waals surface area contributed by atoms with Crippen molar-refractivity contribution in [3.8, 4) is 5.69 Å². The minimum absolute atomic E-state index is 0. The smallest absolute Gasteiger partial charge is 1.00 e. The van der Waals surface area contributed by atoms with Gasteiger partial charge in [0.1, 0.15) is 0 Å². The van der Waals surface area contributed by atoms with E-state index in [2.05, 4.69) is 84.9 Å². The Morgan fingerprint density at radius 2 is 1.92 bits per heavy atom. The van der Waals surface area contributed by atoms with Crippen LogP contribution in [0.4, 0.5) is 0 Å². The zero-order valence-electron chi connectivity index (χ0n) is 13.6. The summed E-state index contributed by atoms with van der Waals surface area (Å²) in [6, 6.07) is 12.9. The molecule has 1 aliphatic carbocycles. The molecule has 0 unspecified atom stereocenters. The van der Waals surface area contributed by atoms with Gasteiger partial charge in [0.25, 0.3) is 0 Å². The van der Waals surface area contributed by atoms with E-state index in [0.717, 1.165) is 6.42 Å². The molecule has 122 valence electrons. The molecule has 0 spiro atoms. The molecule has 0 bridgehead atoms. The first-order chi connectivity index (χ1) is 10.2. The van der Waals surface area contributed by atoms with Crippen molar-refractivity contribution in [3.05, 3.63) is 77.6 Å². The number of fused-ring (bicyclic) bond motifs is 1. The largest absolute Gasteiger partial charge is 4.00 e. The molecule has 1 nitrogen and oxygen atoms in total. The Hall–Kier alpha value is -0.686. The summed E-state index contributed by atoms with van der Waals surface area (Å²) in [7, 11) is 1.26. The third-order valence-electron chi connectivity index (χ3n) is 3.77. The van der Waals surface area contributed by atoms with Gasteiger partial charge in [0, 0.05) is 12.1 Å². The van der Waals surface area contributed by atoms with Crippen molar-refractivity contribution in [1.82, 2.24) is 4.57 Å². The molecule has 2 aromatic carbocycles. The summed E-state index contributed by atoms with van der Waals surface area (Å²) in [4.78, 5) is 0. The number of rotatable bonds is 1. The van der Waals surface area contributed by atoms with Crippen LogP contribution in [-0.4, -0.2) is 4.57 Å². The van der Waals surface area contributed by atoms with Gasteiger partial charge in [0.05, 0.1) is 0 Å². The number of benzene rings is 1. The Morgan fingerprint density at radius 3 is 2.42 bits per heavy atom. The molecule has 0 amide bonds. The molecule has 0 N–H and O–H groups in total. The zero-order chi connectivity index (χ0) is 14.7. The summed E-state index contributed by atoms with van der Waals surface area (Å²) >= 11 is 0. The number of nitrogens with zero attached hydrogens (tertiary/aromatic N) is 1. The third-order valence-corrected chi connectivity index (χ3v) is 4.46. The van der Waals surface area contributed by atoms with Crippen molar-refractivity contribution in [2.45, 2.75) is 20.3 Å². The standard InChI is InChI=1S/C12H9NP.C7H9.2ClH.Ti/c1-2-4-11-8-12(7-10(11)3-1)13-5-6-14-9-13;1-6-4-3-5-7(6)2;;;/h1-9H;4H,3H2,1-2H3;2*1H;/q2*-1;;;+4/p-2. The average molecular weight is 410 g/mol. The van der Waals surface area contributed by atoms with Crippen LogP contribution >= 0.6 is 8.19 Å². The van der Waals surface area contributed by atoms with E-state index in [1.165, 1.54) is 35.8 Å². The first-order valence-corrected chi connectivity index (χ1v) is 8.16. The Morgan fingerprint density at radius 1 is 1.17 bits per heavy atom. The summed E-state index contributed by atoms with van der Waals surface area (Å²) in [5.74, 6) is 4.30. The van der Waals surface area contributed by atoms with E-state index in [1.54, 1.807) is 0 Å². The average Bonchev–Trinajstić information content (AvgIpc) is 3.21. The van der Waals surface area contributed by atoms with Crippen LogP contribution in [0.2, 0.25) is 0 Å². The first-order valence-electron chi connectivity index (χ1n) is 7.12. The predicted octanol–water partition coefficient (Wildman–Crippen LogP) is 0.0209. The topological polar surface area (TPSA) is 4.93 Å². The number of allylic oxidation sites excluding steroid dienone is 4. The molecular weight excluding hydrogens is 392 g/mol. The van der Waals surface area contributed by atoms with Crippen LogP contribution in [0.15, 0.2) is 71.5 Å². The van der Waals surface area contributed by atoms with Gasteiger partial charge in [-0.2, -0.15) is 6.08 Å². The molecule has 5 heteroatoms. The Bertz CT molecular complexity index is 755. The van der Waals surface area contributed by atoms with Crippen molar-refractivity contribution in [1.29, 1.82) is 0 Å². The van der Waals surface area contributed by atoms with Gasteiger partial charge in [-0.3, -0.25) is 6.08 Å². The number of hydrogen-bond donors (Lipinski definition) is 0. The van der Waals surface area contributed by atoms with Crippen LogP contribution in [-0.2, 0) is 21.7 Å². The van der Waals surface area contributed by atoms with Gasteiger partial charge < -0.3 is 29.4 Å². The molecule has 0 saturated heterocycles. The van der Waals surface area contributed by atoms with Crippen molar-refractivity contribution in [3.63, 3.8) is 0 Å². The second-order valence-corrected chi connectivity index (χ2v) is 6.03. The fraction of sp³-hybridized carbons (Fsp3) is 0.158. The van der Waals surface area contributed by atoms with Gasteiger partial charge in [-0.05, 0) is 11.5 Å². The van der Waals surface area contributed by atoms with Crippen LogP contribution in [0.5, 0.6) is 0 Å². The molecule has 4 rings (SSSR count). The Kier molecular flexibility index (Phi) is 10.7. The monoisotopic (exact) mass is 409 g/mol. The number of halogens is 2. The maximum atomic E-state index is 3.19. The van der Waals surface area contributed by atoms with Gasteiger partial charge in [-0.15, -0.1) is 54.4 Å². The van der Waals surface area contributed by atoms with Crippen LogP contribution in [0.3, 0.4) is 0 Å². The SMILES string of the molecule is CC1=[C-]CC=C1C.[Cl-].[Cl-].[Ti+4].c1ccc2[cH-]c(-n3ccpc3)cc2c1. The van der Waals surface area contributed by atoms with E-state index >= 15 is 0 Å². The molecular formula is C19H18Cl2NPTi. The fourth-order valence-corrected chi connectivity index (χ4v) is 3.00. The maximum absolute atomic E-state index is 3.19. The minimum Gasteiger partial charge on any atom is -1.00 e. The van der Waals surface area contributed by atoms with Gasteiger partial charge in [-0.25, -0.2) is 11.1 Å². The normalized spacial score (nSPS) is 12.2. The van der Waals surface area contributed by atoms with E-state index in [4.69, 9.17) is 0 Å². The quantitative estimate of drug-likeness (QED) is 0.394. The molecule has 1 heterocycles. The Labute approximate surface area is 173 Å². The predicted molar refractivity (Wildman–Crippen MR) is 92.2 cm³/mol. The maximum Gasteiger partial charge on any atom is 4.00 e. The molecule has 1 aromatic heterocycles. The summed E-state index contributed by atoms with van der Waals surface area (Å²) in [5.41, 5.74) is 3.97. The third kappa shape index (κ3) is 5.69. The van der Waals surface area contributed by atoms with E-state index in [-0.39, 0.29) is 46.5 Å². The molecule has 0 fully saturated rings. The summed E-state index contributed by atoms with van der Waals surface area (Å²) in [6.45, 7) is 4.22. The second-order valence-electron chi connectivity index (χ2n) is 5.21. The van der Waals surface area contributed by atoms with Crippen molar-refractivity contribution in [2.75, 3.05) is 0 Å². The van der Waals surface area contributed by atoms with Crippen LogP contribution in [0, 0.1) is 6.08 Å².